The summed E-state index contributed by atoms with van der Waals surface area (Å²) in [7, 11) is -3.53. The summed E-state index contributed by atoms with van der Waals surface area (Å²) in [6.45, 7) is 3.32. The number of fused-ring (bicyclic) bond motifs is 1. The highest BCUT2D eigenvalue weighted by atomic mass is 32.2. The van der Waals surface area contributed by atoms with Gasteiger partial charge < -0.3 is 31.0 Å². The van der Waals surface area contributed by atoms with Crippen molar-refractivity contribution in [3.8, 4) is 11.1 Å². The fraction of sp³-hybridized carbons (Fsp3) is 0.389. The number of hydrogen-bond acceptors (Lipinski definition) is 6. The maximum atomic E-state index is 13.7. The first-order chi connectivity index (χ1) is 24.0. The van der Waals surface area contributed by atoms with Gasteiger partial charge in [0.25, 0.3) is 0 Å². The number of carbonyl (C=O) groups is 3. The molecule has 3 aromatic carbocycles. The Labute approximate surface area is 289 Å². The summed E-state index contributed by atoms with van der Waals surface area (Å²) in [5.41, 5.74) is 4.68. The Balaban J connectivity index is 1.17. The normalized spacial score (nSPS) is 18.8. The first-order valence-corrected chi connectivity index (χ1v) is 18.4. The summed E-state index contributed by atoms with van der Waals surface area (Å²) in [4.78, 5) is 55.4. The summed E-state index contributed by atoms with van der Waals surface area (Å²) < 4.78 is 27.7. The zero-order chi connectivity index (χ0) is 35.4. The zero-order valence-electron chi connectivity index (χ0n) is 27.8. The number of rotatable bonds is 11. The second-order valence-corrected chi connectivity index (χ2v) is 15.2. The number of imidazole rings is 1. The number of sulfonamides is 1. The largest absolute Gasteiger partial charge is 0.465 e. The molecule has 4 aromatic rings. The van der Waals surface area contributed by atoms with E-state index in [-0.39, 0.29) is 34.7 Å². The van der Waals surface area contributed by atoms with Crippen LogP contribution in [0.3, 0.4) is 0 Å². The molecule has 2 aliphatic rings. The number of aromatic nitrogens is 2. The van der Waals surface area contributed by atoms with Crippen molar-refractivity contribution in [1.82, 2.24) is 24.9 Å². The molecule has 13 nitrogen and oxygen atoms in total. The number of nitrogens with zero attached hydrogens (tertiary/aromatic N) is 1. The van der Waals surface area contributed by atoms with Crippen molar-refractivity contribution in [2.75, 3.05) is 25.0 Å². The Morgan fingerprint density at radius 2 is 1.62 bits per heavy atom. The van der Waals surface area contributed by atoms with Crippen LogP contribution in [0.4, 0.5) is 10.5 Å². The quantitative estimate of drug-likeness (QED) is 0.134. The molecule has 1 aromatic heterocycles. The van der Waals surface area contributed by atoms with Gasteiger partial charge in [0, 0.05) is 37.7 Å². The van der Waals surface area contributed by atoms with Gasteiger partial charge in [-0.05, 0) is 104 Å². The van der Waals surface area contributed by atoms with Crippen LogP contribution in [0.2, 0.25) is 0 Å². The van der Waals surface area contributed by atoms with E-state index in [1.54, 1.807) is 30.3 Å². The van der Waals surface area contributed by atoms with Gasteiger partial charge >= 0.3 is 11.8 Å². The molecule has 1 aliphatic heterocycles. The summed E-state index contributed by atoms with van der Waals surface area (Å²) >= 11 is 0. The number of H-pyrrole nitrogens is 2. The number of nitrogens with one attached hydrogen (secondary N) is 5. The van der Waals surface area contributed by atoms with Gasteiger partial charge in [0.1, 0.15) is 6.04 Å². The molecule has 0 unspecified atom stereocenters. The molecule has 50 heavy (non-hydrogen) atoms. The first-order valence-electron chi connectivity index (χ1n) is 17.0. The standard InChI is InChI=1S/C36H42N6O7S/c1-22-18-28(50(48,49)42-16-2-3-17-42)13-14-29(22)25-8-4-23(5-9-25)19-32(34(44)38-27-12-15-30-31(20-27)41-35(45)40-30)39-33(43)26-10-6-24(7-11-26)21-37-36(46)47/h4-5,8-9,12-15,18,20,24,26,32,37H,2-3,6-7,10-11,16-17,19,21H2,1H3,(H,38,44)(H,39,43)(H,46,47)(H2,40,41,45)/t24-,26-,32-/m0/s1. The number of aryl methyl sites for hydroxylation is 1. The minimum absolute atomic E-state index is 0.164. The molecule has 6 rings (SSSR count). The van der Waals surface area contributed by atoms with Crippen LogP contribution in [0.15, 0.2) is 70.4 Å². The number of benzene rings is 3. The third kappa shape index (κ3) is 8.08. The number of aromatic amines is 2. The maximum Gasteiger partial charge on any atom is 0.404 e. The van der Waals surface area contributed by atoms with Crippen molar-refractivity contribution < 1.29 is 27.9 Å². The van der Waals surface area contributed by atoms with Crippen molar-refractivity contribution in [3.05, 3.63) is 82.3 Å². The molecule has 3 amide bonds. The van der Waals surface area contributed by atoms with Crippen LogP contribution in [0, 0.1) is 18.8 Å². The Bertz CT molecular complexity index is 2040. The van der Waals surface area contributed by atoms with Crippen molar-refractivity contribution in [2.24, 2.45) is 11.8 Å². The Morgan fingerprint density at radius 3 is 2.30 bits per heavy atom. The molecule has 1 saturated heterocycles. The van der Waals surface area contributed by atoms with E-state index in [1.165, 1.54) is 4.31 Å². The second-order valence-electron chi connectivity index (χ2n) is 13.3. The van der Waals surface area contributed by atoms with Crippen LogP contribution in [0.5, 0.6) is 0 Å². The van der Waals surface area contributed by atoms with Crippen LogP contribution >= 0.6 is 0 Å². The highest BCUT2D eigenvalue weighted by Crippen LogP contribution is 2.30. The van der Waals surface area contributed by atoms with Crippen molar-refractivity contribution in [1.29, 1.82) is 0 Å². The van der Waals surface area contributed by atoms with E-state index < -0.39 is 28.1 Å². The number of amides is 3. The monoisotopic (exact) mass is 702 g/mol. The minimum atomic E-state index is -3.53. The third-order valence-corrected chi connectivity index (χ3v) is 11.7. The van der Waals surface area contributed by atoms with Crippen molar-refractivity contribution in [3.63, 3.8) is 0 Å². The molecule has 6 N–H and O–H groups in total. The average molecular weight is 703 g/mol. The van der Waals surface area contributed by atoms with Gasteiger partial charge in [-0.1, -0.05) is 30.3 Å². The van der Waals surface area contributed by atoms with E-state index in [1.807, 2.05) is 37.3 Å². The summed E-state index contributed by atoms with van der Waals surface area (Å²) in [5.74, 6) is -0.770. The van der Waals surface area contributed by atoms with Crippen LogP contribution in [-0.4, -0.2) is 71.4 Å². The number of carbonyl (C=O) groups excluding carboxylic acids is 2. The van der Waals surface area contributed by atoms with E-state index in [9.17, 15) is 27.6 Å². The van der Waals surface area contributed by atoms with Crippen LogP contribution < -0.4 is 21.6 Å². The smallest absolute Gasteiger partial charge is 0.404 e. The van der Waals surface area contributed by atoms with Crippen LogP contribution in [0.25, 0.3) is 22.2 Å². The predicted octanol–water partition coefficient (Wildman–Crippen LogP) is 4.36. The van der Waals surface area contributed by atoms with E-state index in [0.717, 1.165) is 35.1 Å². The molecule has 1 atom stereocenters. The van der Waals surface area contributed by atoms with E-state index in [0.29, 0.717) is 62.0 Å². The SMILES string of the molecule is Cc1cc(S(=O)(=O)N2CCCC2)ccc1-c1ccc(C[C@H](NC(=O)[C@H]2CC[C@H](CNC(=O)O)CC2)C(=O)Nc2ccc3[nH]c(=O)[nH]c3c2)cc1. The van der Waals surface area contributed by atoms with Gasteiger partial charge in [-0.3, -0.25) is 9.59 Å². The Hall–Kier alpha value is -4.95. The molecule has 2 fully saturated rings. The van der Waals surface area contributed by atoms with Crippen LogP contribution in [-0.2, 0) is 26.0 Å². The summed E-state index contributed by atoms with van der Waals surface area (Å²) in [6.07, 6.45) is 3.48. The number of hydrogen-bond donors (Lipinski definition) is 6. The van der Waals surface area contributed by atoms with Crippen LogP contribution in [0.1, 0.15) is 49.7 Å². The lowest BCUT2D eigenvalue weighted by molar-refractivity contribution is -0.130. The molecule has 264 valence electrons. The third-order valence-electron chi connectivity index (χ3n) is 9.78. The van der Waals surface area contributed by atoms with Gasteiger partial charge in [0.15, 0.2) is 0 Å². The van der Waals surface area contributed by atoms with Gasteiger partial charge in [-0.15, -0.1) is 0 Å². The average Bonchev–Trinajstić information content (AvgIpc) is 3.78. The lowest BCUT2D eigenvalue weighted by Gasteiger charge is -2.29. The lowest BCUT2D eigenvalue weighted by Crippen LogP contribution is -2.48. The lowest BCUT2D eigenvalue weighted by atomic mass is 9.81. The maximum absolute atomic E-state index is 13.7. The Morgan fingerprint density at radius 1 is 0.920 bits per heavy atom. The Kier molecular flexibility index (Phi) is 10.4. The first kappa shape index (κ1) is 34.9. The molecule has 2 heterocycles. The molecule has 0 bridgehead atoms. The highest BCUT2D eigenvalue weighted by molar-refractivity contribution is 7.89. The minimum Gasteiger partial charge on any atom is -0.465 e. The number of anilines is 1. The summed E-state index contributed by atoms with van der Waals surface area (Å²) in [6, 6.07) is 16.9. The van der Waals surface area contributed by atoms with E-state index in [2.05, 4.69) is 25.9 Å². The predicted molar refractivity (Wildman–Crippen MR) is 189 cm³/mol. The molecule has 0 radical (unpaired) electrons. The van der Waals surface area contributed by atoms with Gasteiger partial charge in [0.2, 0.25) is 21.8 Å². The molecule has 1 saturated carbocycles. The van der Waals surface area contributed by atoms with Crippen molar-refractivity contribution >= 4 is 44.7 Å². The summed E-state index contributed by atoms with van der Waals surface area (Å²) in [5, 5.41) is 17.2. The molecular weight excluding hydrogens is 660 g/mol. The van der Waals surface area contributed by atoms with E-state index >= 15 is 0 Å². The molecule has 14 heteroatoms. The zero-order valence-corrected chi connectivity index (χ0v) is 28.6. The molecule has 0 spiro atoms. The second kappa shape index (κ2) is 14.9. The van der Waals surface area contributed by atoms with Crippen molar-refractivity contribution in [2.45, 2.75) is 62.8 Å². The van der Waals surface area contributed by atoms with E-state index in [4.69, 9.17) is 5.11 Å². The fourth-order valence-corrected chi connectivity index (χ4v) is 8.56. The van der Waals surface area contributed by atoms with Gasteiger partial charge in [0.05, 0.1) is 15.9 Å². The topological polar surface area (TPSA) is 194 Å². The number of carboxylic acid groups (broad SMARTS) is 1. The molecular formula is C36H42N6O7S. The fourth-order valence-electron chi connectivity index (χ4n) is 6.95. The van der Waals surface area contributed by atoms with Gasteiger partial charge in [-0.25, -0.2) is 18.0 Å². The highest BCUT2D eigenvalue weighted by Gasteiger charge is 2.30. The van der Waals surface area contributed by atoms with Gasteiger partial charge in [-0.2, -0.15) is 4.31 Å². The molecule has 1 aliphatic carbocycles.